The Balaban J connectivity index is 1.39. The second-order valence-corrected chi connectivity index (χ2v) is 8.08. The summed E-state index contributed by atoms with van der Waals surface area (Å²) in [6.07, 6.45) is 2.85. The Hall–Kier alpha value is -2.58. The van der Waals surface area contributed by atoms with Gasteiger partial charge >= 0.3 is 0 Å². The van der Waals surface area contributed by atoms with Crippen LogP contribution in [0.2, 0.25) is 0 Å². The summed E-state index contributed by atoms with van der Waals surface area (Å²) in [5.41, 5.74) is 8.12. The van der Waals surface area contributed by atoms with Crippen molar-refractivity contribution in [1.29, 1.82) is 0 Å². The number of anilines is 1. The van der Waals surface area contributed by atoms with Crippen molar-refractivity contribution >= 4 is 28.2 Å². The monoisotopic (exact) mass is 388 g/mol. The highest BCUT2D eigenvalue weighted by Crippen LogP contribution is 2.38. The van der Waals surface area contributed by atoms with Crippen molar-refractivity contribution < 1.29 is 24.0 Å². The number of primary amides is 1. The number of fused-ring (bicyclic) bond motifs is 2. The number of hydrogen-bond acceptors (Lipinski definition) is 5. The fourth-order valence-electron chi connectivity index (χ4n) is 3.66. The average Bonchev–Trinajstić information content (AvgIpc) is 3.28. The molecule has 0 fully saturated rings. The lowest BCUT2D eigenvalue weighted by Crippen LogP contribution is -3.08. The molecular formula is C19H22N3O4S+. The molecule has 1 aromatic heterocycles. The first-order valence-electron chi connectivity index (χ1n) is 8.95. The number of nitrogens with two attached hydrogens (primary N) is 1. The lowest BCUT2D eigenvalue weighted by Gasteiger charge is -2.14. The zero-order valence-corrected chi connectivity index (χ0v) is 15.9. The van der Waals surface area contributed by atoms with Gasteiger partial charge in [0.2, 0.25) is 6.79 Å². The first-order valence-corrected chi connectivity index (χ1v) is 9.77. The molecule has 1 unspecified atom stereocenters. The van der Waals surface area contributed by atoms with Gasteiger partial charge in [-0.2, -0.15) is 0 Å². The standard InChI is InChI=1S/C19H21N3O4S/c1-22(8-11-5-6-13-14(7-11)26-10-25-13)9-16(23)21-19-17(18(20)24)12-3-2-4-15(12)27-19/h5-7H,2-4,8-10H2,1H3,(H2,20,24)(H,21,23)/p+1. The Morgan fingerprint density at radius 1 is 1.26 bits per heavy atom. The van der Waals surface area contributed by atoms with Gasteiger partial charge in [0.05, 0.1) is 12.6 Å². The third-order valence-electron chi connectivity index (χ3n) is 4.83. The van der Waals surface area contributed by atoms with Gasteiger partial charge < -0.3 is 25.4 Å². The lowest BCUT2D eigenvalue weighted by atomic mass is 10.1. The van der Waals surface area contributed by atoms with Gasteiger partial charge in [0.15, 0.2) is 18.0 Å². The molecule has 27 heavy (non-hydrogen) atoms. The van der Waals surface area contributed by atoms with Crippen LogP contribution >= 0.6 is 11.3 Å². The second-order valence-electron chi connectivity index (χ2n) is 6.97. The predicted molar refractivity (Wildman–Crippen MR) is 102 cm³/mol. The van der Waals surface area contributed by atoms with Crippen molar-refractivity contribution in [2.24, 2.45) is 5.73 Å². The molecule has 2 heterocycles. The highest BCUT2D eigenvalue weighted by molar-refractivity contribution is 7.17. The normalized spacial score (nSPS) is 15.4. The van der Waals surface area contributed by atoms with E-state index >= 15 is 0 Å². The molecular weight excluding hydrogens is 366 g/mol. The van der Waals surface area contributed by atoms with Crippen LogP contribution in [0.25, 0.3) is 0 Å². The third-order valence-corrected chi connectivity index (χ3v) is 6.03. The SMILES string of the molecule is C[NH+](CC(=O)Nc1sc2c(c1C(N)=O)CCC2)Cc1ccc2c(c1)OCO2. The van der Waals surface area contributed by atoms with Gasteiger partial charge in [-0.1, -0.05) is 0 Å². The van der Waals surface area contributed by atoms with Crippen LogP contribution in [0.1, 0.15) is 32.8 Å². The van der Waals surface area contributed by atoms with Crippen LogP contribution in [0.5, 0.6) is 11.5 Å². The molecule has 0 bridgehead atoms. The highest BCUT2D eigenvalue weighted by atomic mass is 32.1. The summed E-state index contributed by atoms with van der Waals surface area (Å²) in [7, 11) is 1.95. The third kappa shape index (κ3) is 3.63. The summed E-state index contributed by atoms with van der Waals surface area (Å²) < 4.78 is 10.7. The van der Waals surface area contributed by atoms with E-state index < -0.39 is 5.91 Å². The van der Waals surface area contributed by atoms with Crippen LogP contribution in [-0.4, -0.2) is 32.2 Å². The van der Waals surface area contributed by atoms with Crippen molar-refractivity contribution in [3.8, 4) is 11.5 Å². The first kappa shape index (κ1) is 17.8. The van der Waals surface area contributed by atoms with Gasteiger partial charge in [-0.3, -0.25) is 9.59 Å². The van der Waals surface area contributed by atoms with Crippen molar-refractivity contribution in [2.45, 2.75) is 25.8 Å². The maximum absolute atomic E-state index is 12.5. The number of rotatable bonds is 6. The summed E-state index contributed by atoms with van der Waals surface area (Å²) in [5.74, 6) is 0.893. The summed E-state index contributed by atoms with van der Waals surface area (Å²) in [6.45, 7) is 1.21. The van der Waals surface area contributed by atoms with Crippen LogP contribution in [0.4, 0.5) is 5.00 Å². The lowest BCUT2D eigenvalue weighted by molar-refractivity contribution is -0.885. The average molecular weight is 388 g/mol. The molecule has 8 heteroatoms. The van der Waals surface area contributed by atoms with E-state index in [4.69, 9.17) is 15.2 Å². The van der Waals surface area contributed by atoms with Crippen LogP contribution < -0.4 is 25.4 Å². The predicted octanol–water partition coefficient (Wildman–Crippen LogP) is 0.718. The van der Waals surface area contributed by atoms with E-state index in [2.05, 4.69) is 5.32 Å². The van der Waals surface area contributed by atoms with E-state index in [0.717, 1.165) is 46.8 Å². The number of hydrogen-bond donors (Lipinski definition) is 3. The fraction of sp³-hybridized carbons (Fsp3) is 0.368. The van der Waals surface area contributed by atoms with Gasteiger partial charge in [0, 0.05) is 10.4 Å². The molecule has 1 atom stereocenters. The summed E-state index contributed by atoms with van der Waals surface area (Å²) >= 11 is 1.48. The van der Waals surface area contributed by atoms with Crippen LogP contribution in [0.15, 0.2) is 18.2 Å². The van der Waals surface area contributed by atoms with Crippen LogP contribution in [-0.2, 0) is 24.2 Å². The highest BCUT2D eigenvalue weighted by Gasteiger charge is 2.26. The summed E-state index contributed by atoms with van der Waals surface area (Å²) in [6, 6.07) is 5.81. The van der Waals surface area contributed by atoms with Crippen molar-refractivity contribution in [2.75, 3.05) is 25.7 Å². The Morgan fingerprint density at radius 2 is 2.07 bits per heavy atom. The zero-order chi connectivity index (χ0) is 19.0. The number of carbonyl (C=O) groups is 2. The number of nitrogens with one attached hydrogen (secondary N) is 2. The van der Waals surface area contributed by atoms with E-state index in [-0.39, 0.29) is 19.2 Å². The Kier molecular flexibility index (Phi) is 4.75. The fourth-order valence-corrected chi connectivity index (χ4v) is 4.97. The molecule has 2 amide bonds. The summed E-state index contributed by atoms with van der Waals surface area (Å²) in [5, 5.41) is 3.48. The number of thiophene rings is 1. The number of benzene rings is 1. The zero-order valence-electron chi connectivity index (χ0n) is 15.1. The molecule has 2 aromatic rings. The molecule has 7 nitrogen and oxygen atoms in total. The molecule has 1 aliphatic carbocycles. The summed E-state index contributed by atoms with van der Waals surface area (Å²) in [4.78, 5) is 26.5. The molecule has 0 saturated carbocycles. The van der Waals surface area contributed by atoms with Crippen LogP contribution in [0, 0.1) is 0 Å². The minimum absolute atomic E-state index is 0.129. The van der Waals surface area contributed by atoms with E-state index in [1.165, 1.54) is 16.2 Å². The number of likely N-dealkylation sites (N-methyl/N-ethyl adjacent to an activating group) is 1. The molecule has 0 radical (unpaired) electrons. The van der Waals surface area contributed by atoms with Crippen molar-refractivity contribution in [3.05, 3.63) is 39.8 Å². The number of quaternary nitrogens is 1. The minimum atomic E-state index is -0.467. The Bertz CT molecular complexity index is 909. The molecule has 0 saturated heterocycles. The topological polar surface area (TPSA) is 95.1 Å². The second kappa shape index (κ2) is 7.21. The maximum atomic E-state index is 12.5. The van der Waals surface area contributed by atoms with Gasteiger partial charge in [-0.05, 0) is 43.0 Å². The largest absolute Gasteiger partial charge is 0.454 e. The molecule has 4 N–H and O–H groups in total. The van der Waals surface area contributed by atoms with Crippen molar-refractivity contribution in [1.82, 2.24) is 0 Å². The van der Waals surface area contributed by atoms with E-state index in [1.54, 1.807) is 0 Å². The quantitative estimate of drug-likeness (QED) is 0.680. The van der Waals surface area contributed by atoms with Gasteiger partial charge in [0.1, 0.15) is 11.5 Å². The van der Waals surface area contributed by atoms with Crippen molar-refractivity contribution in [3.63, 3.8) is 0 Å². The number of ether oxygens (including phenoxy) is 2. The smallest absolute Gasteiger partial charge is 0.280 e. The Morgan fingerprint density at radius 3 is 2.89 bits per heavy atom. The van der Waals surface area contributed by atoms with E-state index in [0.29, 0.717) is 17.1 Å². The van der Waals surface area contributed by atoms with Gasteiger partial charge in [0.25, 0.3) is 11.8 Å². The first-order chi connectivity index (χ1) is 13.0. The molecule has 1 aromatic carbocycles. The number of carbonyl (C=O) groups excluding carboxylic acids is 2. The van der Waals surface area contributed by atoms with Gasteiger partial charge in [-0.15, -0.1) is 11.3 Å². The van der Waals surface area contributed by atoms with Crippen LogP contribution in [0.3, 0.4) is 0 Å². The van der Waals surface area contributed by atoms with Gasteiger partial charge in [-0.25, -0.2) is 0 Å². The molecule has 4 rings (SSSR count). The molecule has 142 valence electrons. The van der Waals surface area contributed by atoms with E-state index in [1.807, 2.05) is 25.2 Å². The maximum Gasteiger partial charge on any atom is 0.280 e. The minimum Gasteiger partial charge on any atom is -0.454 e. The number of amides is 2. The van der Waals surface area contributed by atoms with E-state index in [9.17, 15) is 9.59 Å². The molecule has 2 aliphatic rings. The number of aryl methyl sites for hydroxylation is 1. The Labute approximate surface area is 161 Å². The molecule has 1 aliphatic heterocycles. The molecule has 0 spiro atoms.